The molecule has 2 nitrogen and oxygen atoms in total. The molecule has 0 unspecified atom stereocenters. The Labute approximate surface area is 199 Å². The number of benzene rings is 4. The molecule has 0 N–H and O–H groups in total. The van der Waals surface area contributed by atoms with Crippen LogP contribution in [-0.4, -0.2) is 9.97 Å². The molecule has 2 aromatic heterocycles. The van der Waals surface area contributed by atoms with E-state index in [1.807, 2.05) is 49.1 Å². The molecule has 0 amide bonds. The first-order chi connectivity index (χ1) is 16.9. The average molecular weight is 439 g/mol. The number of pyridine rings is 2. The molecule has 2 heteroatoms. The van der Waals surface area contributed by atoms with E-state index in [0.29, 0.717) is 0 Å². The van der Waals surface area contributed by atoms with Crippen molar-refractivity contribution in [2.75, 3.05) is 0 Å². The number of rotatable bonds is 1. The lowest BCUT2D eigenvalue weighted by molar-refractivity contribution is 0.690. The van der Waals surface area contributed by atoms with E-state index in [-0.39, 0.29) is 0 Å². The van der Waals surface area contributed by atoms with Crippen LogP contribution in [0.15, 0.2) is 110 Å². The maximum atomic E-state index is 4.36. The molecule has 0 fully saturated rings. The maximum absolute atomic E-state index is 4.36. The predicted molar refractivity (Wildman–Crippen MR) is 143 cm³/mol. The molecule has 0 bridgehead atoms. The zero-order chi connectivity index (χ0) is 22.7. The normalized spacial score (nSPS) is 12.8. The lowest BCUT2D eigenvalue weighted by Crippen LogP contribution is -2.04. The molecule has 0 saturated heterocycles. The molecule has 34 heavy (non-hydrogen) atoms. The van der Waals surface area contributed by atoms with Gasteiger partial charge in [0.15, 0.2) is 0 Å². The van der Waals surface area contributed by atoms with Crippen LogP contribution in [0.4, 0.5) is 0 Å². The summed E-state index contributed by atoms with van der Waals surface area (Å²) in [6.07, 6.45) is 12.5. The number of aromatic nitrogens is 2. The summed E-state index contributed by atoms with van der Waals surface area (Å²) < 4.78 is 0. The van der Waals surface area contributed by atoms with Crippen molar-refractivity contribution in [2.45, 2.75) is 25.7 Å². The van der Waals surface area contributed by atoms with Gasteiger partial charge in [-0.05, 0) is 92.9 Å². The van der Waals surface area contributed by atoms with E-state index >= 15 is 0 Å². The summed E-state index contributed by atoms with van der Waals surface area (Å²) in [5.74, 6) is 0. The van der Waals surface area contributed by atoms with Gasteiger partial charge in [-0.25, -0.2) is 0 Å². The molecular weight excluding hydrogens is 412 g/mol. The van der Waals surface area contributed by atoms with Crippen LogP contribution < -0.4 is 0 Å². The summed E-state index contributed by atoms with van der Waals surface area (Å²) in [6, 6.07) is 30.2. The van der Waals surface area contributed by atoms with E-state index in [2.05, 4.69) is 70.6 Å². The van der Waals surface area contributed by atoms with Gasteiger partial charge in [-0.1, -0.05) is 66.7 Å². The molecule has 6 aromatic rings. The Morgan fingerprint density at radius 2 is 1.35 bits per heavy atom. The van der Waals surface area contributed by atoms with Gasteiger partial charge in [-0.3, -0.25) is 9.97 Å². The van der Waals surface area contributed by atoms with E-state index in [9.17, 15) is 0 Å². The quantitative estimate of drug-likeness (QED) is 0.242. The van der Waals surface area contributed by atoms with Gasteiger partial charge in [0.05, 0.1) is 0 Å². The second kappa shape index (κ2) is 9.07. The van der Waals surface area contributed by atoms with Gasteiger partial charge >= 0.3 is 0 Å². The molecule has 0 aliphatic heterocycles. The minimum absolute atomic E-state index is 1.19. The van der Waals surface area contributed by atoms with Crippen LogP contribution >= 0.6 is 0 Å². The van der Waals surface area contributed by atoms with Gasteiger partial charge in [-0.15, -0.1) is 0 Å². The highest BCUT2D eigenvalue weighted by atomic mass is 14.6. The number of hydrogen-bond acceptors (Lipinski definition) is 2. The lowest BCUT2D eigenvalue weighted by Gasteiger charge is -2.21. The Morgan fingerprint density at radius 1 is 0.559 bits per heavy atom. The van der Waals surface area contributed by atoms with Gasteiger partial charge in [-0.2, -0.15) is 0 Å². The van der Waals surface area contributed by atoms with Crippen molar-refractivity contribution in [3.05, 3.63) is 121 Å². The Hall–Kier alpha value is -4.04. The fourth-order valence-electron chi connectivity index (χ4n) is 5.23. The molecule has 7 rings (SSSR count). The van der Waals surface area contributed by atoms with Crippen LogP contribution in [0.25, 0.3) is 43.4 Å². The molecule has 4 aromatic carbocycles. The van der Waals surface area contributed by atoms with E-state index in [0.717, 1.165) is 0 Å². The number of nitrogens with zero attached hydrogens (tertiary/aromatic N) is 2. The first-order valence-corrected chi connectivity index (χ1v) is 12.0. The number of hydrogen-bond donors (Lipinski definition) is 0. The van der Waals surface area contributed by atoms with Crippen LogP contribution in [0.3, 0.4) is 0 Å². The van der Waals surface area contributed by atoms with Crippen LogP contribution in [0.2, 0.25) is 0 Å². The second-order valence-electron chi connectivity index (χ2n) is 8.94. The first-order valence-electron chi connectivity index (χ1n) is 12.0. The van der Waals surface area contributed by atoms with Crippen molar-refractivity contribution in [3.8, 4) is 11.1 Å². The minimum Gasteiger partial charge on any atom is -0.264 e. The summed E-state index contributed by atoms with van der Waals surface area (Å²) in [6.45, 7) is 0. The smallest absolute Gasteiger partial charge is 0.0346 e. The van der Waals surface area contributed by atoms with E-state index in [1.54, 1.807) is 5.56 Å². The second-order valence-corrected chi connectivity index (χ2v) is 8.94. The summed E-state index contributed by atoms with van der Waals surface area (Å²) in [5.41, 5.74) is 5.64. The average Bonchev–Trinajstić information content (AvgIpc) is 2.93. The molecule has 2 heterocycles. The van der Waals surface area contributed by atoms with Crippen molar-refractivity contribution in [2.24, 2.45) is 0 Å². The van der Waals surface area contributed by atoms with Crippen molar-refractivity contribution in [1.29, 1.82) is 0 Å². The predicted octanol–water partition coefficient (Wildman–Crippen LogP) is 8.17. The Balaban J connectivity index is 0.000000182. The van der Waals surface area contributed by atoms with Crippen LogP contribution in [-0.2, 0) is 12.8 Å². The Kier molecular flexibility index (Phi) is 5.48. The van der Waals surface area contributed by atoms with Crippen molar-refractivity contribution in [1.82, 2.24) is 9.97 Å². The number of aryl methyl sites for hydroxylation is 2. The van der Waals surface area contributed by atoms with Crippen molar-refractivity contribution < 1.29 is 0 Å². The summed E-state index contributed by atoms with van der Waals surface area (Å²) >= 11 is 0. The summed E-state index contributed by atoms with van der Waals surface area (Å²) in [7, 11) is 0. The monoisotopic (exact) mass is 438 g/mol. The highest BCUT2D eigenvalue weighted by Gasteiger charge is 2.17. The molecule has 0 spiro atoms. The highest BCUT2D eigenvalue weighted by molar-refractivity contribution is 6.15. The van der Waals surface area contributed by atoms with Gasteiger partial charge in [0.2, 0.25) is 0 Å². The van der Waals surface area contributed by atoms with Crippen LogP contribution in [0.1, 0.15) is 24.0 Å². The molecule has 1 aliphatic carbocycles. The zero-order valence-electron chi connectivity index (χ0n) is 19.1. The summed E-state index contributed by atoms with van der Waals surface area (Å²) in [5, 5.41) is 7.93. The summed E-state index contributed by atoms with van der Waals surface area (Å²) in [4.78, 5) is 8.37. The highest BCUT2D eigenvalue weighted by Crippen LogP contribution is 2.39. The van der Waals surface area contributed by atoms with Gasteiger partial charge in [0.25, 0.3) is 0 Å². The van der Waals surface area contributed by atoms with Crippen LogP contribution in [0.5, 0.6) is 0 Å². The third-order valence-electron chi connectivity index (χ3n) is 6.88. The van der Waals surface area contributed by atoms with Crippen LogP contribution in [0, 0.1) is 0 Å². The first kappa shape index (κ1) is 20.6. The molecular formula is C32H26N2. The molecule has 0 atom stereocenters. The standard InChI is InChI=1S/C23H19N.C9H7N/c1-4-10-20-16(6-1)11-12-21-19-9-3-2-7-17(19)14-22(23(20)21)18-8-5-13-24-15-18;1-2-4-9-7-10-6-5-8(9)3-1/h2-3,5,7-9,11-15H,1,4,6,10H2;1-7H. The SMILES string of the molecule is c1ccc2cnccc2c1.c1cncc(-c2cc3ccccc3c3ccc4c(c23)CCCC4)c1. The topological polar surface area (TPSA) is 25.8 Å². The van der Waals surface area contributed by atoms with Gasteiger partial charge < -0.3 is 0 Å². The van der Waals surface area contributed by atoms with Crippen molar-refractivity contribution in [3.63, 3.8) is 0 Å². The minimum atomic E-state index is 1.19. The van der Waals surface area contributed by atoms with E-state index in [1.165, 1.54) is 74.7 Å². The molecule has 0 radical (unpaired) electrons. The fraction of sp³-hybridized carbons (Fsp3) is 0.125. The van der Waals surface area contributed by atoms with E-state index < -0.39 is 0 Å². The maximum Gasteiger partial charge on any atom is 0.0346 e. The Bertz CT molecular complexity index is 1540. The molecule has 164 valence electrons. The third-order valence-corrected chi connectivity index (χ3v) is 6.88. The van der Waals surface area contributed by atoms with Gasteiger partial charge in [0.1, 0.15) is 0 Å². The number of fused-ring (bicyclic) bond motifs is 6. The molecule has 0 saturated carbocycles. The largest absolute Gasteiger partial charge is 0.264 e. The lowest BCUT2D eigenvalue weighted by atomic mass is 9.83. The fourth-order valence-corrected chi connectivity index (χ4v) is 5.23. The van der Waals surface area contributed by atoms with Crippen molar-refractivity contribution >= 4 is 32.3 Å². The molecule has 1 aliphatic rings. The zero-order valence-corrected chi connectivity index (χ0v) is 19.1. The van der Waals surface area contributed by atoms with Gasteiger partial charge in [0, 0.05) is 30.4 Å². The van der Waals surface area contributed by atoms with E-state index in [4.69, 9.17) is 0 Å². The Morgan fingerprint density at radius 3 is 2.21 bits per heavy atom. The third kappa shape index (κ3) is 3.82.